The van der Waals surface area contributed by atoms with Crippen molar-refractivity contribution in [2.75, 3.05) is 0 Å². The number of carbonyl (C=O) groups excluding carboxylic acids is 4. The van der Waals surface area contributed by atoms with Crippen molar-refractivity contribution in [2.24, 2.45) is 11.8 Å². The molecule has 0 aliphatic heterocycles. The van der Waals surface area contributed by atoms with Gasteiger partial charge >= 0.3 is 0 Å². The van der Waals surface area contributed by atoms with E-state index >= 15 is 0 Å². The number of amides is 4. The Morgan fingerprint density at radius 1 is 0.518 bits per heavy atom. The van der Waals surface area contributed by atoms with Crippen molar-refractivity contribution < 1.29 is 24.3 Å². The molecule has 2 heterocycles. The number of benzene rings is 2. The summed E-state index contributed by atoms with van der Waals surface area (Å²) >= 11 is 0. The van der Waals surface area contributed by atoms with E-state index in [-0.39, 0.29) is 60.6 Å². The van der Waals surface area contributed by atoms with Crippen molar-refractivity contribution in [3.8, 4) is 0 Å². The van der Waals surface area contributed by atoms with Gasteiger partial charge in [0.25, 0.3) is 11.8 Å². The van der Waals surface area contributed by atoms with Gasteiger partial charge in [-0.3, -0.25) is 29.1 Å². The van der Waals surface area contributed by atoms with Crippen LogP contribution in [0.3, 0.4) is 0 Å². The van der Waals surface area contributed by atoms with E-state index in [1.807, 2.05) is 60.7 Å². The zero-order valence-corrected chi connectivity index (χ0v) is 31.9. The fourth-order valence-electron chi connectivity index (χ4n) is 8.15. The molecule has 0 spiro atoms. The summed E-state index contributed by atoms with van der Waals surface area (Å²) in [5.41, 5.74) is 2.60. The summed E-state index contributed by atoms with van der Waals surface area (Å²) in [6.07, 6.45) is 10.0. The molecule has 0 saturated heterocycles. The minimum atomic E-state index is -0.953. The molecule has 56 heavy (non-hydrogen) atoms. The average Bonchev–Trinajstić information content (AvgIpc) is 3.23. The Kier molecular flexibility index (Phi) is 14.7. The monoisotopic (exact) mass is 758 g/mol. The summed E-state index contributed by atoms with van der Waals surface area (Å²) in [4.78, 5) is 62.8. The second-order valence-electron chi connectivity index (χ2n) is 15.3. The molecule has 6 atom stereocenters. The van der Waals surface area contributed by atoms with Gasteiger partial charge in [0.15, 0.2) is 0 Å². The third-order valence-corrected chi connectivity index (χ3v) is 11.1. The Morgan fingerprint density at radius 2 is 0.875 bits per heavy atom. The Balaban J connectivity index is 1.14. The minimum Gasteiger partial charge on any atom is -0.393 e. The first-order valence-electron chi connectivity index (χ1n) is 20.1. The van der Waals surface area contributed by atoms with Crippen molar-refractivity contribution in [1.29, 1.82) is 0 Å². The van der Waals surface area contributed by atoms with E-state index in [1.54, 1.807) is 48.8 Å². The summed E-state index contributed by atoms with van der Waals surface area (Å²) in [7, 11) is 0. The van der Waals surface area contributed by atoms with Crippen LogP contribution >= 0.6 is 0 Å². The van der Waals surface area contributed by atoms with E-state index in [4.69, 9.17) is 0 Å². The molecule has 4 amide bonds. The van der Waals surface area contributed by atoms with E-state index in [0.717, 1.165) is 62.5 Å². The van der Waals surface area contributed by atoms with Crippen LogP contribution in [0.1, 0.15) is 96.3 Å². The first-order chi connectivity index (χ1) is 27.3. The number of hydrogen-bond acceptors (Lipinski definition) is 7. The molecule has 294 valence electrons. The molecular formula is C45H54N6O5. The molecule has 0 bridgehead atoms. The van der Waals surface area contributed by atoms with E-state index in [9.17, 15) is 24.3 Å². The molecule has 2 aromatic carbocycles. The van der Waals surface area contributed by atoms with E-state index in [0.29, 0.717) is 24.2 Å². The lowest BCUT2D eigenvalue weighted by atomic mass is 9.85. The fraction of sp³-hybridized carbons (Fsp3) is 0.422. The quantitative estimate of drug-likeness (QED) is 0.103. The summed E-state index contributed by atoms with van der Waals surface area (Å²) < 4.78 is 0. The van der Waals surface area contributed by atoms with Crippen molar-refractivity contribution in [3.63, 3.8) is 0 Å². The third-order valence-electron chi connectivity index (χ3n) is 11.1. The Hall–Kier alpha value is -5.42. The average molecular weight is 759 g/mol. The molecule has 11 heteroatoms. The fourth-order valence-corrected chi connectivity index (χ4v) is 8.15. The van der Waals surface area contributed by atoms with E-state index < -0.39 is 17.9 Å². The van der Waals surface area contributed by atoms with Gasteiger partial charge in [0.1, 0.15) is 11.4 Å². The lowest BCUT2D eigenvalue weighted by molar-refractivity contribution is -0.128. The first-order valence-corrected chi connectivity index (χ1v) is 20.1. The molecule has 2 aromatic heterocycles. The number of aliphatic hydroxyl groups is 1. The van der Waals surface area contributed by atoms with Gasteiger partial charge in [-0.2, -0.15) is 0 Å². The number of aliphatic hydroxyl groups excluding tert-OH is 1. The second-order valence-corrected chi connectivity index (χ2v) is 15.3. The topological polar surface area (TPSA) is 162 Å². The third kappa shape index (κ3) is 11.8. The molecule has 0 radical (unpaired) electrons. The molecular weight excluding hydrogens is 705 g/mol. The highest BCUT2D eigenvalue weighted by molar-refractivity contribution is 5.93. The lowest BCUT2D eigenvalue weighted by Crippen LogP contribution is -2.55. The van der Waals surface area contributed by atoms with Gasteiger partial charge in [0.05, 0.1) is 6.10 Å². The van der Waals surface area contributed by atoms with Gasteiger partial charge in [-0.15, -0.1) is 0 Å². The molecule has 6 rings (SSSR count). The number of nitrogens with one attached hydrogen (secondary N) is 4. The molecule has 2 saturated carbocycles. The highest BCUT2D eigenvalue weighted by Crippen LogP contribution is 2.26. The van der Waals surface area contributed by atoms with Crippen molar-refractivity contribution in [3.05, 3.63) is 132 Å². The SMILES string of the molecule is O=C(N[C@H]1CCCC[C@@H]1NC(=O)[C@H](Cc1ccccc1)CC(O)C[C@@H](Cc1ccccc1)C(=O)N[C@H]1CCCC[C@@H]1NC(=O)c1ccccn1)c1ccccn1. The molecule has 2 fully saturated rings. The highest BCUT2D eigenvalue weighted by Gasteiger charge is 2.34. The van der Waals surface area contributed by atoms with Crippen LogP contribution in [0.2, 0.25) is 0 Å². The number of rotatable bonds is 16. The molecule has 2 aliphatic rings. The zero-order chi connectivity index (χ0) is 39.1. The van der Waals surface area contributed by atoms with Gasteiger partial charge < -0.3 is 26.4 Å². The molecule has 11 nitrogen and oxygen atoms in total. The first kappa shape index (κ1) is 40.2. The summed E-state index contributed by atoms with van der Waals surface area (Å²) in [6, 6.07) is 28.9. The lowest BCUT2D eigenvalue weighted by Gasteiger charge is -2.34. The highest BCUT2D eigenvalue weighted by atomic mass is 16.3. The van der Waals surface area contributed by atoms with Crippen LogP contribution in [-0.4, -0.2) is 69.0 Å². The van der Waals surface area contributed by atoms with Crippen LogP contribution in [0.4, 0.5) is 0 Å². The molecule has 5 N–H and O–H groups in total. The van der Waals surface area contributed by atoms with Gasteiger partial charge in [0.2, 0.25) is 11.8 Å². The van der Waals surface area contributed by atoms with Crippen LogP contribution in [-0.2, 0) is 22.4 Å². The minimum absolute atomic E-state index is 0.156. The predicted molar refractivity (Wildman–Crippen MR) is 214 cm³/mol. The van der Waals surface area contributed by atoms with Crippen molar-refractivity contribution in [1.82, 2.24) is 31.2 Å². The Bertz CT molecular complexity index is 1710. The van der Waals surface area contributed by atoms with E-state index in [2.05, 4.69) is 31.2 Å². The second kappa shape index (κ2) is 20.5. The number of nitrogens with zero attached hydrogens (tertiary/aromatic N) is 2. The van der Waals surface area contributed by atoms with Crippen molar-refractivity contribution in [2.45, 2.75) is 107 Å². The van der Waals surface area contributed by atoms with Crippen LogP contribution in [0.25, 0.3) is 0 Å². The zero-order valence-electron chi connectivity index (χ0n) is 31.9. The normalized spacial score (nSPS) is 20.6. The number of aromatic nitrogens is 2. The van der Waals surface area contributed by atoms with Crippen LogP contribution in [0, 0.1) is 11.8 Å². The van der Waals surface area contributed by atoms with Gasteiger partial charge in [-0.25, -0.2) is 0 Å². The van der Waals surface area contributed by atoms with Gasteiger partial charge in [-0.05, 0) is 86.8 Å². The summed E-state index contributed by atoms with van der Waals surface area (Å²) in [5.74, 6) is -2.07. The van der Waals surface area contributed by atoms with Gasteiger partial charge in [-0.1, -0.05) is 98.5 Å². The smallest absolute Gasteiger partial charge is 0.270 e. The number of pyridine rings is 2. The Labute approximate surface area is 329 Å². The van der Waals surface area contributed by atoms with Crippen LogP contribution < -0.4 is 21.3 Å². The number of carbonyl (C=O) groups is 4. The largest absolute Gasteiger partial charge is 0.393 e. The maximum atomic E-state index is 14.2. The maximum Gasteiger partial charge on any atom is 0.270 e. The maximum absolute atomic E-state index is 14.2. The summed E-state index contributed by atoms with van der Waals surface area (Å²) in [6.45, 7) is 0. The van der Waals surface area contributed by atoms with Crippen molar-refractivity contribution >= 4 is 23.6 Å². The summed E-state index contributed by atoms with van der Waals surface area (Å²) in [5, 5.41) is 24.5. The Morgan fingerprint density at radius 3 is 1.23 bits per heavy atom. The van der Waals surface area contributed by atoms with Crippen LogP contribution in [0.15, 0.2) is 109 Å². The molecule has 2 aliphatic carbocycles. The van der Waals surface area contributed by atoms with Crippen LogP contribution in [0.5, 0.6) is 0 Å². The predicted octanol–water partition coefficient (Wildman–Crippen LogP) is 5.35. The number of hydrogen-bond donors (Lipinski definition) is 5. The standard InChI is InChI=1S/C45H54N6O5/c52-35(29-33(27-31-15-3-1-4-16-31)42(53)48-36-19-7-9-21-38(36)50-44(55)40-23-11-13-25-46-40)30-34(28-32-17-5-2-6-18-32)43(54)49-37-20-8-10-22-39(37)51-45(56)41-24-12-14-26-47-41/h1-6,11-18,23-26,33-39,52H,7-10,19-22,27-30H2,(H,48,53)(H,49,54)(H,50,55)(H,51,56)/t33-,34-,36+,37+,38+,39+/m1/s1. The van der Waals surface area contributed by atoms with E-state index in [1.165, 1.54) is 0 Å². The molecule has 4 aromatic rings. The van der Waals surface area contributed by atoms with Gasteiger partial charge in [0, 0.05) is 48.4 Å². The molecule has 0 unspecified atom stereocenters.